The predicted molar refractivity (Wildman–Crippen MR) is 45.4 cm³/mol. The smallest absolute Gasteiger partial charge is 0.129 e. The van der Waals surface area contributed by atoms with Gasteiger partial charge in [0.25, 0.3) is 0 Å². The van der Waals surface area contributed by atoms with Crippen LogP contribution < -0.4 is 0 Å². The van der Waals surface area contributed by atoms with E-state index in [4.69, 9.17) is 5.11 Å². The Labute approximate surface area is 68.6 Å². The van der Waals surface area contributed by atoms with Crippen LogP contribution in [0.4, 0.5) is 0 Å². The first-order valence-corrected chi connectivity index (χ1v) is 4.21. The highest BCUT2D eigenvalue weighted by Gasteiger charge is 2.07. The van der Waals surface area contributed by atoms with Gasteiger partial charge in [-0.05, 0) is 32.6 Å². The minimum absolute atomic E-state index is 0.239. The monoisotopic (exact) mass is 158 g/mol. The van der Waals surface area contributed by atoms with E-state index in [0.717, 1.165) is 12.8 Å². The molecule has 66 valence electrons. The van der Waals surface area contributed by atoms with Crippen molar-refractivity contribution in [2.45, 2.75) is 46.1 Å². The fourth-order valence-electron chi connectivity index (χ4n) is 0.914. The number of carbonyl (C=O) groups is 1. The second kappa shape index (κ2) is 5.30. The second-order valence-corrected chi connectivity index (χ2v) is 3.31. The van der Waals surface area contributed by atoms with Crippen molar-refractivity contribution in [3.63, 3.8) is 0 Å². The van der Waals surface area contributed by atoms with Crippen LogP contribution in [0.2, 0.25) is 0 Å². The molecule has 0 radical (unpaired) electrons. The summed E-state index contributed by atoms with van der Waals surface area (Å²) in [6, 6.07) is 0. The van der Waals surface area contributed by atoms with Gasteiger partial charge in [-0.2, -0.15) is 0 Å². The van der Waals surface area contributed by atoms with Crippen molar-refractivity contribution in [1.82, 2.24) is 0 Å². The van der Waals surface area contributed by atoms with Gasteiger partial charge in [0.15, 0.2) is 0 Å². The molecule has 0 aromatic rings. The molecule has 0 heterocycles. The van der Waals surface area contributed by atoms with Gasteiger partial charge in [0.2, 0.25) is 0 Å². The summed E-state index contributed by atoms with van der Waals surface area (Å²) in [5.74, 6) is 0.553. The Balaban J connectivity index is 3.31. The van der Waals surface area contributed by atoms with Gasteiger partial charge in [-0.25, -0.2) is 0 Å². The molecule has 2 atom stereocenters. The summed E-state index contributed by atoms with van der Waals surface area (Å²) in [5.41, 5.74) is 0. The molecule has 0 aliphatic carbocycles. The molecule has 2 unspecified atom stereocenters. The zero-order valence-corrected chi connectivity index (χ0v) is 7.63. The summed E-state index contributed by atoms with van der Waals surface area (Å²) >= 11 is 0. The molecule has 11 heavy (non-hydrogen) atoms. The van der Waals surface area contributed by atoms with Gasteiger partial charge >= 0.3 is 0 Å². The molecular weight excluding hydrogens is 140 g/mol. The van der Waals surface area contributed by atoms with Crippen LogP contribution in [0.5, 0.6) is 0 Å². The summed E-state index contributed by atoms with van der Waals surface area (Å²) in [6.07, 6.45) is 2.25. The van der Waals surface area contributed by atoms with Crippen molar-refractivity contribution in [3.8, 4) is 0 Å². The van der Waals surface area contributed by atoms with Crippen molar-refractivity contribution in [2.24, 2.45) is 5.92 Å². The molecule has 0 bridgehead atoms. The van der Waals surface area contributed by atoms with Gasteiger partial charge in [0.1, 0.15) is 5.78 Å². The molecule has 0 spiro atoms. The Kier molecular flexibility index (Phi) is 5.12. The fourth-order valence-corrected chi connectivity index (χ4v) is 0.914. The van der Waals surface area contributed by atoms with Gasteiger partial charge in [0, 0.05) is 6.42 Å². The zero-order chi connectivity index (χ0) is 8.85. The largest absolute Gasteiger partial charge is 0.393 e. The van der Waals surface area contributed by atoms with Crippen LogP contribution >= 0.6 is 0 Å². The normalized spacial score (nSPS) is 16.0. The van der Waals surface area contributed by atoms with E-state index in [1.165, 1.54) is 0 Å². The van der Waals surface area contributed by atoms with Crippen molar-refractivity contribution in [1.29, 1.82) is 0 Å². The average molecular weight is 158 g/mol. The molecule has 0 fully saturated rings. The van der Waals surface area contributed by atoms with Gasteiger partial charge in [-0.3, -0.25) is 0 Å². The van der Waals surface area contributed by atoms with E-state index in [0.29, 0.717) is 12.3 Å². The van der Waals surface area contributed by atoms with Crippen molar-refractivity contribution in [2.75, 3.05) is 0 Å². The Bertz CT molecular complexity index is 119. The molecule has 0 aromatic carbocycles. The van der Waals surface area contributed by atoms with E-state index in [1.54, 1.807) is 13.8 Å². The van der Waals surface area contributed by atoms with Crippen molar-refractivity contribution >= 4 is 5.78 Å². The number of carbonyl (C=O) groups excluding carboxylic acids is 1. The first-order valence-electron chi connectivity index (χ1n) is 4.21. The Morgan fingerprint density at radius 2 is 2.00 bits per heavy atom. The lowest BCUT2D eigenvalue weighted by Crippen LogP contribution is -2.12. The minimum Gasteiger partial charge on any atom is -0.393 e. The van der Waals surface area contributed by atoms with E-state index in [1.807, 2.05) is 6.92 Å². The molecule has 0 aliphatic heterocycles. The van der Waals surface area contributed by atoms with E-state index in [2.05, 4.69) is 0 Å². The second-order valence-electron chi connectivity index (χ2n) is 3.31. The third kappa shape index (κ3) is 6.05. The maximum Gasteiger partial charge on any atom is 0.129 e. The molecule has 0 aromatic heterocycles. The highest BCUT2D eigenvalue weighted by atomic mass is 16.3. The molecule has 0 saturated heterocycles. The van der Waals surface area contributed by atoms with Gasteiger partial charge in [0.05, 0.1) is 6.10 Å². The lowest BCUT2D eigenvalue weighted by atomic mass is 9.98. The fraction of sp³-hybridized carbons (Fsp3) is 0.889. The van der Waals surface area contributed by atoms with Crippen molar-refractivity contribution in [3.05, 3.63) is 0 Å². The standard InChI is InChI=1S/C9H18O2/c1-7(9(3)11)5-4-6-8(2)10/h7,9,11H,4-6H2,1-3H3. The van der Waals surface area contributed by atoms with Gasteiger partial charge in [-0.1, -0.05) is 6.92 Å². The van der Waals surface area contributed by atoms with Crippen LogP contribution in [0.25, 0.3) is 0 Å². The third-order valence-corrected chi connectivity index (χ3v) is 2.01. The number of rotatable bonds is 5. The molecule has 1 N–H and O–H groups in total. The molecule has 2 heteroatoms. The first kappa shape index (κ1) is 10.6. The Morgan fingerprint density at radius 1 is 1.45 bits per heavy atom. The summed E-state index contributed by atoms with van der Waals surface area (Å²) < 4.78 is 0. The third-order valence-electron chi connectivity index (χ3n) is 2.01. The van der Waals surface area contributed by atoms with Crippen LogP contribution in [0.15, 0.2) is 0 Å². The lowest BCUT2D eigenvalue weighted by Gasteiger charge is -2.12. The number of ketones is 1. The molecule has 0 rings (SSSR count). The topological polar surface area (TPSA) is 37.3 Å². The van der Waals surface area contributed by atoms with E-state index >= 15 is 0 Å². The molecule has 0 aliphatic rings. The van der Waals surface area contributed by atoms with E-state index in [9.17, 15) is 4.79 Å². The van der Waals surface area contributed by atoms with Crippen LogP contribution in [-0.4, -0.2) is 17.0 Å². The van der Waals surface area contributed by atoms with Crippen molar-refractivity contribution < 1.29 is 9.90 Å². The van der Waals surface area contributed by atoms with E-state index in [-0.39, 0.29) is 11.9 Å². The molecule has 0 amide bonds. The van der Waals surface area contributed by atoms with Crippen LogP contribution in [0.1, 0.15) is 40.0 Å². The first-order chi connectivity index (χ1) is 5.04. The lowest BCUT2D eigenvalue weighted by molar-refractivity contribution is -0.117. The molecule has 0 saturated carbocycles. The molecule has 2 nitrogen and oxygen atoms in total. The molecular formula is C9H18O2. The SMILES string of the molecule is CC(=O)CCCC(C)C(C)O. The van der Waals surface area contributed by atoms with Gasteiger partial charge in [-0.15, -0.1) is 0 Å². The quantitative estimate of drug-likeness (QED) is 0.662. The zero-order valence-electron chi connectivity index (χ0n) is 7.63. The highest BCUT2D eigenvalue weighted by molar-refractivity contribution is 5.75. The average Bonchev–Trinajstić information content (AvgIpc) is 1.86. The summed E-state index contributed by atoms with van der Waals surface area (Å²) in [5, 5.41) is 9.10. The van der Waals surface area contributed by atoms with Gasteiger partial charge < -0.3 is 9.90 Å². The Hall–Kier alpha value is -0.370. The number of aliphatic hydroxyl groups excluding tert-OH is 1. The summed E-state index contributed by atoms with van der Waals surface area (Å²) in [4.78, 5) is 10.5. The predicted octanol–water partition coefficient (Wildman–Crippen LogP) is 1.76. The van der Waals surface area contributed by atoms with Crippen LogP contribution in [0.3, 0.4) is 0 Å². The number of hydrogen-bond acceptors (Lipinski definition) is 2. The maximum absolute atomic E-state index is 10.5. The minimum atomic E-state index is -0.248. The number of hydrogen-bond donors (Lipinski definition) is 1. The van der Waals surface area contributed by atoms with Crippen LogP contribution in [-0.2, 0) is 4.79 Å². The highest BCUT2D eigenvalue weighted by Crippen LogP contribution is 2.11. The summed E-state index contributed by atoms with van der Waals surface area (Å²) in [6.45, 7) is 5.40. The van der Waals surface area contributed by atoms with E-state index < -0.39 is 0 Å². The maximum atomic E-state index is 10.5. The Morgan fingerprint density at radius 3 is 2.36 bits per heavy atom. The number of aliphatic hydroxyl groups is 1. The summed E-state index contributed by atoms with van der Waals surface area (Å²) in [7, 11) is 0. The van der Waals surface area contributed by atoms with Crippen LogP contribution in [0, 0.1) is 5.92 Å². The number of Topliss-reactive ketones (excluding diaryl/α,β-unsaturated/α-hetero) is 1.